The fraction of sp³-hybridized carbons (Fsp3) is 0.312. The van der Waals surface area contributed by atoms with Gasteiger partial charge in [0.05, 0.1) is 6.54 Å². The smallest absolute Gasteiger partial charge is 0.251 e. The zero-order valence-corrected chi connectivity index (χ0v) is 12.0. The number of hydrogen-bond donors (Lipinski definition) is 2. The van der Waals surface area contributed by atoms with E-state index in [2.05, 4.69) is 34.4 Å². The molecular formula is C16H21N3O. The van der Waals surface area contributed by atoms with Crippen molar-refractivity contribution in [3.63, 3.8) is 0 Å². The van der Waals surface area contributed by atoms with Crippen LogP contribution in [0.3, 0.4) is 0 Å². The fourth-order valence-corrected chi connectivity index (χ4v) is 2.14. The van der Waals surface area contributed by atoms with Crippen molar-refractivity contribution in [2.24, 2.45) is 0 Å². The Kier molecular flexibility index (Phi) is 4.82. The first kappa shape index (κ1) is 14.2. The third-order valence-electron chi connectivity index (χ3n) is 3.20. The Hall–Kier alpha value is -2.23. The Morgan fingerprint density at radius 1 is 1.20 bits per heavy atom. The second-order valence-corrected chi connectivity index (χ2v) is 4.58. The first-order valence-electron chi connectivity index (χ1n) is 7.00. The number of anilines is 1. The Morgan fingerprint density at radius 2 is 2.05 bits per heavy atom. The summed E-state index contributed by atoms with van der Waals surface area (Å²) >= 11 is 0. The van der Waals surface area contributed by atoms with Crippen LogP contribution in [-0.2, 0) is 13.1 Å². The topological polar surface area (TPSA) is 46.1 Å². The summed E-state index contributed by atoms with van der Waals surface area (Å²) in [5.74, 6) is -0.0342. The van der Waals surface area contributed by atoms with Crippen molar-refractivity contribution in [3.05, 3.63) is 53.9 Å². The van der Waals surface area contributed by atoms with Crippen molar-refractivity contribution in [2.75, 3.05) is 11.9 Å². The normalized spacial score (nSPS) is 10.3. The summed E-state index contributed by atoms with van der Waals surface area (Å²) < 4.78 is 2.20. The van der Waals surface area contributed by atoms with Crippen LogP contribution in [0.15, 0.2) is 42.6 Å². The van der Waals surface area contributed by atoms with Crippen LogP contribution in [0, 0.1) is 0 Å². The standard InChI is InChI=1S/C16H21N3O/c1-3-17-16(20)13-7-5-8-14(11-13)18-12-15-9-6-10-19(15)4-2/h5-11,18H,3-4,12H2,1-2H3,(H,17,20). The second-order valence-electron chi connectivity index (χ2n) is 4.58. The van der Waals surface area contributed by atoms with Gasteiger partial charge >= 0.3 is 0 Å². The molecule has 0 radical (unpaired) electrons. The van der Waals surface area contributed by atoms with Crippen LogP contribution in [0.4, 0.5) is 5.69 Å². The van der Waals surface area contributed by atoms with Gasteiger partial charge in [-0.3, -0.25) is 4.79 Å². The molecule has 0 atom stereocenters. The summed E-state index contributed by atoms with van der Waals surface area (Å²) in [6.07, 6.45) is 2.07. The molecule has 1 heterocycles. The van der Waals surface area contributed by atoms with E-state index in [1.807, 2.05) is 37.3 Å². The molecule has 0 unspecified atom stereocenters. The van der Waals surface area contributed by atoms with E-state index in [1.165, 1.54) is 5.69 Å². The van der Waals surface area contributed by atoms with Gasteiger partial charge in [-0.05, 0) is 44.2 Å². The number of hydrogen-bond acceptors (Lipinski definition) is 2. The van der Waals surface area contributed by atoms with Crippen molar-refractivity contribution in [1.82, 2.24) is 9.88 Å². The molecule has 0 bridgehead atoms. The molecule has 106 valence electrons. The molecule has 1 aromatic heterocycles. The monoisotopic (exact) mass is 271 g/mol. The summed E-state index contributed by atoms with van der Waals surface area (Å²) in [7, 11) is 0. The van der Waals surface area contributed by atoms with Crippen molar-refractivity contribution in [3.8, 4) is 0 Å². The van der Waals surface area contributed by atoms with Gasteiger partial charge in [0.25, 0.3) is 5.91 Å². The molecular weight excluding hydrogens is 250 g/mol. The van der Waals surface area contributed by atoms with Gasteiger partial charge in [-0.2, -0.15) is 0 Å². The molecule has 4 heteroatoms. The summed E-state index contributed by atoms with van der Waals surface area (Å²) in [6, 6.07) is 11.7. The van der Waals surface area contributed by atoms with E-state index in [9.17, 15) is 4.79 Å². The van der Waals surface area contributed by atoms with Crippen LogP contribution in [0.2, 0.25) is 0 Å². The molecule has 0 saturated carbocycles. The van der Waals surface area contributed by atoms with Crippen LogP contribution in [0.25, 0.3) is 0 Å². The average Bonchev–Trinajstić information content (AvgIpc) is 2.93. The number of nitrogens with zero attached hydrogens (tertiary/aromatic N) is 1. The summed E-state index contributed by atoms with van der Waals surface area (Å²) in [5.41, 5.74) is 2.87. The Balaban J connectivity index is 2.03. The largest absolute Gasteiger partial charge is 0.379 e. The van der Waals surface area contributed by atoms with E-state index in [0.717, 1.165) is 18.8 Å². The van der Waals surface area contributed by atoms with Gasteiger partial charge in [-0.15, -0.1) is 0 Å². The number of aromatic nitrogens is 1. The number of benzene rings is 1. The van der Waals surface area contributed by atoms with Gasteiger partial charge in [0.2, 0.25) is 0 Å². The number of amides is 1. The average molecular weight is 271 g/mol. The number of carbonyl (C=O) groups excluding carboxylic acids is 1. The lowest BCUT2D eigenvalue weighted by Gasteiger charge is -2.10. The van der Waals surface area contributed by atoms with E-state index in [-0.39, 0.29) is 5.91 Å². The third-order valence-corrected chi connectivity index (χ3v) is 3.20. The van der Waals surface area contributed by atoms with Gasteiger partial charge < -0.3 is 15.2 Å². The quantitative estimate of drug-likeness (QED) is 0.848. The second kappa shape index (κ2) is 6.80. The van der Waals surface area contributed by atoms with Crippen LogP contribution < -0.4 is 10.6 Å². The van der Waals surface area contributed by atoms with Gasteiger partial charge in [-0.25, -0.2) is 0 Å². The molecule has 2 rings (SSSR count). The highest BCUT2D eigenvalue weighted by Gasteiger charge is 2.05. The number of carbonyl (C=O) groups is 1. The van der Waals surface area contributed by atoms with Crippen molar-refractivity contribution in [2.45, 2.75) is 26.9 Å². The molecule has 0 aliphatic rings. The van der Waals surface area contributed by atoms with Crippen LogP contribution >= 0.6 is 0 Å². The summed E-state index contributed by atoms with van der Waals surface area (Å²) in [6.45, 7) is 6.39. The van der Waals surface area contributed by atoms with E-state index < -0.39 is 0 Å². The SMILES string of the molecule is CCNC(=O)c1cccc(NCc2cccn2CC)c1. The first-order chi connectivity index (χ1) is 9.74. The molecule has 0 aliphatic heterocycles. The van der Waals surface area contributed by atoms with E-state index in [4.69, 9.17) is 0 Å². The van der Waals surface area contributed by atoms with Crippen molar-refractivity contribution in [1.29, 1.82) is 0 Å². The van der Waals surface area contributed by atoms with Crippen LogP contribution in [-0.4, -0.2) is 17.0 Å². The molecule has 0 spiro atoms. The predicted octanol–water partition coefficient (Wildman–Crippen LogP) is 2.87. The maximum absolute atomic E-state index is 11.8. The van der Waals surface area contributed by atoms with Gasteiger partial charge in [0.15, 0.2) is 0 Å². The molecule has 0 aliphatic carbocycles. The zero-order chi connectivity index (χ0) is 14.4. The molecule has 0 fully saturated rings. The molecule has 4 nitrogen and oxygen atoms in total. The Labute approximate surface area is 119 Å². The van der Waals surface area contributed by atoms with E-state index in [0.29, 0.717) is 12.1 Å². The lowest BCUT2D eigenvalue weighted by molar-refractivity contribution is 0.0956. The lowest BCUT2D eigenvalue weighted by atomic mass is 10.2. The summed E-state index contributed by atoms with van der Waals surface area (Å²) in [4.78, 5) is 11.8. The van der Waals surface area contributed by atoms with Crippen molar-refractivity contribution >= 4 is 11.6 Å². The molecule has 2 N–H and O–H groups in total. The van der Waals surface area contributed by atoms with E-state index >= 15 is 0 Å². The van der Waals surface area contributed by atoms with Crippen LogP contribution in [0.5, 0.6) is 0 Å². The highest BCUT2D eigenvalue weighted by molar-refractivity contribution is 5.95. The Morgan fingerprint density at radius 3 is 2.80 bits per heavy atom. The fourth-order valence-electron chi connectivity index (χ4n) is 2.14. The number of nitrogens with one attached hydrogen (secondary N) is 2. The van der Waals surface area contributed by atoms with Gasteiger partial charge in [0.1, 0.15) is 0 Å². The minimum Gasteiger partial charge on any atom is -0.379 e. The highest BCUT2D eigenvalue weighted by atomic mass is 16.1. The minimum atomic E-state index is -0.0342. The molecule has 0 saturated heterocycles. The minimum absolute atomic E-state index is 0.0342. The predicted molar refractivity (Wildman–Crippen MR) is 81.9 cm³/mol. The highest BCUT2D eigenvalue weighted by Crippen LogP contribution is 2.12. The third kappa shape index (κ3) is 3.41. The van der Waals surface area contributed by atoms with E-state index in [1.54, 1.807) is 0 Å². The van der Waals surface area contributed by atoms with Gasteiger partial charge in [-0.1, -0.05) is 6.07 Å². The first-order valence-corrected chi connectivity index (χ1v) is 7.00. The maximum Gasteiger partial charge on any atom is 0.251 e. The maximum atomic E-state index is 11.8. The van der Waals surface area contributed by atoms with Crippen molar-refractivity contribution < 1.29 is 4.79 Å². The number of aryl methyl sites for hydroxylation is 1. The van der Waals surface area contributed by atoms with Crippen LogP contribution in [0.1, 0.15) is 29.9 Å². The zero-order valence-electron chi connectivity index (χ0n) is 12.0. The Bertz CT molecular complexity index is 575. The molecule has 20 heavy (non-hydrogen) atoms. The summed E-state index contributed by atoms with van der Waals surface area (Å²) in [5, 5.41) is 6.16. The van der Waals surface area contributed by atoms with Gasteiger partial charge in [0, 0.05) is 36.2 Å². The molecule has 2 aromatic rings. The molecule has 1 amide bonds. The molecule has 1 aromatic carbocycles. The lowest BCUT2D eigenvalue weighted by Crippen LogP contribution is -2.22. The number of rotatable bonds is 6.